The minimum absolute atomic E-state index is 0.279. The quantitative estimate of drug-likeness (QED) is 0.759. The second-order valence-corrected chi connectivity index (χ2v) is 4.74. The molecule has 0 radical (unpaired) electrons. The molecule has 2 rings (SSSR count). The van der Waals surface area contributed by atoms with Gasteiger partial charge in [-0.25, -0.2) is 4.39 Å². The molecule has 4 nitrogen and oxygen atoms in total. The number of amides is 1. The molecule has 98 valence electrons. The lowest BCUT2D eigenvalue weighted by molar-refractivity contribution is 0.100. The number of primary amides is 1. The highest BCUT2D eigenvalue weighted by Crippen LogP contribution is 2.31. The van der Waals surface area contributed by atoms with E-state index < -0.39 is 11.7 Å². The van der Waals surface area contributed by atoms with Gasteiger partial charge in [0.2, 0.25) is 5.91 Å². The molecule has 1 amide bonds. The monoisotopic (exact) mass is 323 g/mol. The van der Waals surface area contributed by atoms with Crippen LogP contribution in [0.2, 0.25) is 0 Å². The molecule has 0 aromatic heterocycles. The second kappa shape index (κ2) is 5.27. The summed E-state index contributed by atoms with van der Waals surface area (Å²) in [6, 6.07) is 9.17. The molecule has 0 aliphatic heterocycles. The first kappa shape index (κ1) is 13.4. The number of hydrogen-bond donors (Lipinski definition) is 3. The van der Waals surface area contributed by atoms with Crippen molar-refractivity contribution in [2.24, 2.45) is 5.73 Å². The fourth-order valence-electron chi connectivity index (χ4n) is 1.58. The molecule has 5 N–H and O–H groups in total. The Morgan fingerprint density at radius 1 is 1.26 bits per heavy atom. The zero-order valence-electron chi connectivity index (χ0n) is 9.78. The largest absolute Gasteiger partial charge is 0.397 e. The van der Waals surface area contributed by atoms with Crippen molar-refractivity contribution in [1.29, 1.82) is 0 Å². The summed E-state index contributed by atoms with van der Waals surface area (Å²) >= 11 is 3.25. The molecule has 6 heteroatoms. The molecule has 19 heavy (non-hydrogen) atoms. The molecule has 0 heterocycles. The van der Waals surface area contributed by atoms with Gasteiger partial charge in [-0.1, -0.05) is 6.07 Å². The van der Waals surface area contributed by atoms with Gasteiger partial charge in [0.1, 0.15) is 5.82 Å². The first-order valence-electron chi connectivity index (χ1n) is 5.39. The SMILES string of the molecule is NC(=O)c1ccc(Nc2c(F)cccc2Br)c(N)c1. The van der Waals surface area contributed by atoms with Crippen LogP contribution < -0.4 is 16.8 Å². The zero-order chi connectivity index (χ0) is 14.0. The molecule has 0 atom stereocenters. The molecule has 2 aromatic rings. The van der Waals surface area contributed by atoms with Gasteiger partial charge >= 0.3 is 0 Å². The first-order chi connectivity index (χ1) is 8.99. The average molecular weight is 324 g/mol. The highest BCUT2D eigenvalue weighted by Gasteiger charge is 2.09. The fourth-order valence-corrected chi connectivity index (χ4v) is 2.02. The molecule has 0 aliphatic carbocycles. The van der Waals surface area contributed by atoms with Crippen molar-refractivity contribution in [1.82, 2.24) is 0 Å². The summed E-state index contributed by atoms with van der Waals surface area (Å²) < 4.78 is 14.2. The topological polar surface area (TPSA) is 81.1 Å². The van der Waals surface area contributed by atoms with E-state index in [-0.39, 0.29) is 5.69 Å². The Kier molecular flexibility index (Phi) is 3.71. The number of carbonyl (C=O) groups excluding carboxylic acids is 1. The van der Waals surface area contributed by atoms with Gasteiger partial charge in [-0.05, 0) is 46.3 Å². The average Bonchev–Trinajstić information content (AvgIpc) is 2.35. The van der Waals surface area contributed by atoms with Crippen LogP contribution in [-0.4, -0.2) is 5.91 Å². The van der Waals surface area contributed by atoms with Crippen molar-refractivity contribution in [2.45, 2.75) is 0 Å². The first-order valence-corrected chi connectivity index (χ1v) is 6.18. The van der Waals surface area contributed by atoms with Gasteiger partial charge in [-0.3, -0.25) is 4.79 Å². The summed E-state index contributed by atoms with van der Waals surface area (Å²) in [6.45, 7) is 0. The van der Waals surface area contributed by atoms with Gasteiger partial charge in [0.15, 0.2) is 0 Å². The maximum atomic E-state index is 13.7. The van der Waals surface area contributed by atoms with Crippen molar-refractivity contribution in [3.05, 3.63) is 52.3 Å². The molecule has 0 unspecified atom stereocenters. The summed E-state index contributed by atoms with van der Waals surface area (Å²) in [4.78, 5) is 11.0. The summed E-state index contributed by atoms with van der Waals surface area (Å²) in [5.74, 6) is -0.974. The Hall–Kier alpha value is -2.08. The Bertz CT molecular complexity index is 626. The van der Waals surface area contributed by atoms with Crippen LogP contribution in [0.1, 0.15) is 10.4 Å². The third-order valence-corrected chi connectivity index (χ3v) is 3.22. The number of anilines is 3. The number of rotatable bonds is 3. The van der Waals surface area contributed by atoms with E-state index >= 15 is 0 Å². The van der Waals surface area contributed by atoms with Gasteiger partial charge in [-0.2, -0.15) is 0 Å². The lowest BCUT2D eigenvalue weighted by Gasteiger charge is -2.12. The molecule has 0 saturated heterocycles. The highest BCUT2D eigenvalue weighted by molar-refractivity contribution is 9.10. The van der Waals surface area contributed by atoms with Crippen molar-refractivity contribution < 1.29 is 9.18 Å². The summed E-state index contributed by atoms with van der Waals surface area (Å²) in [6.07, 6.45) is 0. The molecule has 0 saturated carbocycles. The second-order valence-electron chi connectivity index (χ2n) is 3.89. The van der Waals surface area contributed by atoms with Crippen LogP contribution in [-0.2, 0) is 0 Å². The molecule has 2 aromatic carbocycles. The van der Waals surface area contributed by atoms with Gasteiger partial charge in [0.25, 0.3) is 0 Å². The third-order valence-electron chi connectivity index (χ3n) is 2.56. The molecule has 0 fully saturated rings. The van der Waals surface area contributed by atoms with Crippen molar-refractivity contribution >= 4 is 38.9 Å². The molecular formula is C13H11BrFN3O. The highest BCUT2D eigenvalue weighted by atomic mass is 79.9. The number of para-hydroxylation sites is 1. The van der Waals surface area contributed by atoms with Crippen molar-refractivity contribution in [3.63, 3.8) is 0 Å². The summed E-state index contributed by atoms with van der Waals surface area (Å²) in [5.41, 5.74) is 12.3. The predicted octanol–water partition coefficient (Wildman–Crippen LogP) is 3.01. The number of halogens is 2. The number of nitrogen functional groups attached to an aromatic ring is 1. The number of hydrogen-bond acceptors (Lipinski definition) is 3. The zero-order valence-corrected chi connectivity index (χ0v) is 11.4. The standard InChI is InChI=1S/C13H11BrFN3O/c14-8-2-1-3-9(15)12(8)18-11-5-4-7(13(17)19)6-10(11)16/h1-6,18H,16H2,(H2,17,19). The Morgan fingerprint density at radius 3 is 2.58 bits per heavy atom. The Morgan fingerprint density at radius 2 is 2.00 bits per heavy atom. The minimum atomic E-state index is -0.565. The van der Waals surface area contributed by atoms with E-state index in [2.05, 4.69) is 21.2 Å². The molecule has 0 aliphatic rings. The van der Waals surface area contributed by atoms with Gasteiger partial charge in [0.05, 0.1) is 17.1 Å². The molecule has 0 bridgehead atoms. The van der Waals surface area contributed by atoms with Crippen LogP contribution in [0.4, 0.5) is 21.5 Å². The van der Waals surface area contributed by atoms with Crippen LogP contribution >= 0.6 is 15.9 Å². The van der Waals surface area contributed by atoms with Crippen LogP contribution in [0.25, 0.3) is 0 Å². The lowest BCUT2D eigenvalue weighted by Crippen LogP contribution is -2.11. The Balaban J connectivity index is 2.36. The Labute approximate surface area is 117 Å². The van der Waals surface area contributed by atoms with Crippen LogP contribution in [0.3, 0.4) is 0 Å². The van der Waals surface area contributed by atoms with Crippen LogP contribution in [0, 0.1) is 5.82 Å². The number of carbonyl (C=O) groups is 1. The van der Waals surface area contributed by atoms with Gasteiger partial charge < -0.3 is 16.8 Å². The van der Waals surface area contributed by atoms with E-state index in [4.69, 9.17) is 11.5 Å². The summed E-state index contributed by atoms with van der Waals surface area (Å²) in [5, 5.41) is 2.88. The maximum absolute atomic E-state index is 13.7. The summed E-state index contributed by atoms with van der Waals surface area (Å²) in [7, 11) is 0. The van der Waals surface area contributed by atoms with Crippen LogP contribution in [0.5, 0.6) is 0 Å². The van der Waals surface area contributed by atoms with Crippen molar-refractivity contribution in [2.75, 3.05) is 11.1 Å². The van der Waals surface area contributed by atoms with E-state index in [9.17, 15) is 9.18 Å². The molecule has 0 spiro atoms. The predicted molar refractivity (Wildman–Crippen MR) is 76.8 cm³/mol. The van der Waals surface area contributed by atoms with E-state index in [1.54, 1.807) is 18.2 Å². The maximum Gasteiger partial charge on any atom is 0.248 e. The lowest BCUT2D eigenvalue weighted by atomic mass is 10.1. The number of benzene rings is 2. The fraction of sp³-hybridized carbons (Fsp3) is 0. The smallest absolute Gasteiger partial charge is 0.248 e. The van der Waals surface area contributed by atoms with Gasteiger partial charge in [0, 0.05) is 10.0 Å². The number of nitrogens with two attached hydrogens (primary N) is 2. The van der Waals surface area contributed by atoms with E-state index in [1.165, 1.54) is 18.2 Å². The normalized spacial score (nSPS) is 10.2. The number of nitrogens with one attached hydrogen (secondary N) is 1. The van der Waals surface area contributed by atoms with E-state index in [1.807, 2.05) is 0 Å². The minimum Gasteiger partial charge on any atom is -0.397 e. The third kappa shape index (κ3) is 2.85. The van der Waals surface area contributed by atoms with E-state index in [0.29, 0.717) is 21.4 Å². The molecular weight excluding hydrogens is 313 g/mol. The van der Waals surface area contributed by atoms with Crippen LogP contribution in [0.15, 0.2) is 40.9 Å². The van der Waals surface area contributed by atoms with Crippen molar-refractivity contribution in [3.8, 4) is 0 Å². The van der Waals surface area contributed by atoms with Gasteiger partial charge in [-0.15, -0.1) is 0 Å². The van der Waals surface area contributed by atoms with E-state index in [0.717, 1.165) is 0 Å².